The molecule has 0 atom stereocenters. The van der Waals surface area contributed by atoms with Crippen LogP contribution in [-0.4, -0.2) is 19.1 Å². The van der Waals surface area contributed by atoms with E-state index in [9.17, 15) is 4.79 Å². The van der Waals surface area contributed by atoms with Gasteiger partial charge in [-0.05, 0) is 43.5 Å². The summed E-state index contributed by atoms with van der Waals surface area (Å²) in [6.07, 6.45) is 3.33. The van der Waals surface area contributed by atoms with Crippen molar-refractivity contribution >= 4 is 5.91 Å². The average Bonchev–Trinajstić information content (AvgIpc) is 2.41. The van der Waals surface area contributed by atoms with Gasteiger partial charge in [0, 0.05) is 13.0 Å². The van der Waals surface area contributed by atoms with Gasteiger partial charge in [0.05, 0.1) is 6.61 Å². The van der Waals surface area contributed by atoms with Gasteiger partial charge in [-0.1, -0.05) is 19.1 Å². The molecule has 106 valence electrons. The third kappa shape index (κ3) is 7.47. The second-order valence-electron chi connectivity index (χ2n) is 4.59. The van der Waals surface area contributed by atoms with Gasteiger partial charge in [0.15, 0.2) is 0 Å². The van der Waals surface area contributed by atoms with Crippen LogP contribution in [0.1, 0.15) is 38.2 Å². The third-order valence-corrected chi connectivity index (χ3v) is 2.75. The molecule has 0 radical (unpaired) electrons. The van der Waals surface area contributed by atoms with E-state index in [0.29, 0.717) is 6.42 Å². The maximum Gasteiger partial charge on any atom is 0.217 e. The molecule has 3 N–H and O–H groups in total. The Morgan fingerprint density at radius 2 is 2.00 bits per heavy atom. The lowest BCUT2D eigenvalue weighted by Crippen LogP contribution is -2.16. The summed E-state index contributed by atoms with van der Waals surface area (Å²) in [4.78, 5) is 10.6. The zero-order chi connectivity index (χ0) is 13.9. The highest BCUT2D eigenvalue weighted by atomic mass is 16.5. The Balaban J connectivity index is 2.14. The van der Waals surface area contributed by atoms with Crippen molar-refractivity contribution in [1.29, 1.82) is 0 Å². The molecule has 1 rings (SSSR count). The number of rotatable bonds is 10. The molecular formula is C15H24N2O2. The van der Waals surface area contributed by atoms with Crippen LogP contribution in [0.2, 0.25) is 0 Å². The molecule has 0 aromatic heterocycles. The third-order valence-electron chi connectivity index (χ3n) is 2.75. The first-order valence-corrected chi connectivity index (χ1v) is 6.93. The fourth-order valence-corrected chi connectivity index (χ4v) is 1.71. The molecule has 0 spiro atoms. The lowest BCUT2D eigenvalue weighted by Gasteiger charge is -2.07. The SMILES string of the molecule is CCCOc1ccc(CNCCCCC(N)=O)cc1. The molecule has 0 saturated carbocycles. The van der Waals surface area contributed by atoms with Gasteiger partial charge in [0.25, 0.3) is 0 Å². The summed E-state index contributed by atoms with van der Waals surface area (Å²) < 4.78 is 5.53. The van der Waals surface area contributed by atoms with E-state index in [-0.39, 0.29) is 5.91 Å². The van der Waals surface area contributed by atoms with Gasteiger partial charge in [-0.2, -0.15) is 0 Å². The van der Waals surface area contributed by atoms with Crippen LogP contribution in [-0.2, 0) is 11.3 Å². The highest BCUT2D eigenvalue weighted by molar-refractivity contribution is 5.73. The van der Waals surface area contributed by atoms with Crippen LogP contribution < -0.4 is 15.8 Å². The molecule has 0 aliphatic carbocycles. The predicted octanol–water partition coefficient (Wildman–Crippen LogP) is 2.22. The topological polar surface area (TPSA) is 64.3 Å². The second-order valence-corrected chi connectivity index (χ2v) is 4.59. The van der Waals surface area contributed by atoms with E-state index in [1.165, 1.54) is 5.56 Å². The first-order valence-electron chi connectivity index (χ1n) is 6.93. The molecule has 0 aliphatic rings. The molecule has 0 fully saturated rings. The van der Waals surface area contributed by atoms with E-state index >= 15 is 0 Å². The molecule has 19 heavy (non-hydrogen) atoms. The Morgan fingerprint density at radius 1 is 1.26 bits per heavy atom. The zero-order valence-electron chi connectivity index (χ0n) is 11.7. The summed E-state index contributed by atoms with van der Waals surface area (Å²) in [7, 11) is 0. The molecule has 1 aromatic rings. The highest BCUT2D eigenvalue weighted by Crippen LogP contribution is 2.12. The molecular weight excluding hydrogens is 240 g/mol. The minimum Gasteiger partial charge on any atom is -0.494 e. The Morgan fingerprint density at radius 3 is 2.63 bits per heavy atom. The van der Waals surface area contributed by atoms with Gasteiger partial charge < -0.3 is 15.8 Å². The number of hydrogen-bond donors (Lipinski definition) is 2. The van der Waals surface area contributed by atoms with Crippen molar-refractivity contribution in [2.24, 2.45) is 5.73 Å². The van der Waals surface area contributed by atoms with Crippen LogP contribution in [0.4, 0.5) is 0 Å². The normalized spacial score (nSPS) is 10.4. The van der Waals surface area contributed by atoms with E-state index in [1.807, 2.05) is 12.1 Å². The maximum absolute atomic E-state index is 10.6. The zero-order valence-corrected chi connectivity index (χ0v) is 11.7. The number of carbonyl (C=O) groups excluding carboxylic acids is 1. The molecule has 0 bridgehead atoms. The molecule has 0 aliphatic heterocycles. The van der Waals surface area contributed by atoms with E-state index in [4.69, 9.17) is 10.5 Å². The summed E-state index contributed by atoms with van der Waals surface area (Å²) in [5, 5.41) is 3.35. The van der Waals surface area contributed by atoms with Gasteiger partial charge in [0.1, 0.15) is 5.75 Å². The van der Waals surface area contributed by atoms with Crippen molar-refractivity contribution in [3.63, 3.8) is 0 Å². The number of primary amides is 1. The minimum absolute atomic E-state index is 0.220. The quantitative estimate of drug-likeness (QED) is 0.637. The van der Waals surface area contributed by atoms with E-state index in [2.05, 4.69) is 24.4 Å². The lowest BCUT2D eigenvalue weighted by molar-refractivity contribution is -0.118. The van der Waals surface area contributed by atoms with Gasteiger partial charge in [-0.15, -0.1) is 0 Å². The highest BCUT2D eigenvalue weighted by Gasteiger charge is 1.97. The summed E-state index contributed by atoms with van der Waals surface area (Å²) in [5.41, 5.74) is 6.31. The van der Waals surface area contributed by atoms with Crippen molar-refractivity contribution in [3.05, 3.63) is 29.8 Å². The fraction of sp³-hybridized carbons (Fsp3) is 0.533. The van der Waals surface area contributed by atoms with Crippen LogP contribution in [0.15, 0.2) is 24.3 Å². The number of nitrogens with one attached hydrogen (secondary N) is 1. The van der Waals surface area contributed by atoms with Gasteiger partial charge in [-0.25, -0.2) is 0 Å². The molecule has 1 amide bonds. The van der Waals surface area contributed by atoms with Crippen LogP contribution in [0.5, 0.6) is 5.75 Å². The number of benzene rings is 1. The summed E-state index contributed by atoms with van der Waals surface area (Å²) in [6.45, 7) is 4.60. The molecule has 0 heterocycles. The number of amides is 1. The fourth-order valence-electron chi connectivity index (χ4n) is 1.71. The van der Waals surface area contributed by atoms with Gasteiger partial charge >= 0.3 is 0 Å². The molecule has 4 nitrogen and oxygen atoms in total. The van der Waals surface area contributed by atoms with E-state index in [1.54, 1.807) is 0 Å². The number of unbranched alkanes of at least 4 members (excludes halogenated alkanes) is 1. The van der Waals surface area contributed by atoms with Crippen LogP contribution in [0.3, 0.4) is 0 Å². The maximum atomic E-state index is 10.6. The number of carbonyl (C=O) groups is 1. The van der Waals surface area contributed by atoms with Crippen LogP contribution in [0, 0.1) is 0 Å². The number of hydrogen-bond acceptors (Lipinski definition) is 3. The first-order chi connectivity index (χ1) is 9.22. The summed E-state index contributed by atoms with van der Waals surface area (Å²) in [6, 6.07) is 8.14. The Labute approximate surface area is 115 Å². The smallest absolute Gasteiger partial charge is 0.217 e. The predicted molar refractivity (Wildman–Crippen MR) is 77.0 cm³/mol. The molecule has 1 aromatic carbocycles. The van der Waals surface area contributed by atoms with Crippen molar-refractivity contribution in [1.82, 2.24) is 5.32 Å². The Bertz CT molecular complexity index is 363. The van der Waals surface area contributed by atoms with Crippen LogP contribution in [0.25, 0.3) is 0 Å². The second kappa shape index (κ2) is 9.39. The summed E-state index contributed by atoms with van der Waals surface area (Å²) in [5.74, 6) is 0.703. The average molecular weight is 264 g/mol. The van der Waals surface area contributed by atoms with Crippen LogP contribution >= 0.6 is 0 Å². The molecule has 4 heteroatoms. The lowest BCUT2D eigenvalue weighted by atomic mass is 10.2. The van der Waals surface area contributed by atoms with Crippen molar-refractivity contribution < 1.29 is 9.53 Å². The number of nitrogens with two attached hydrogens (primary N) is 1. The Hall–Kier alpha value is -1.55. The standard InChI is InChI=1S/C15H24N2O2/c1-2-11-19-14-8-6-13(7-9-14)12-17-10-4-3-5-15(16)18/h6-9,17H,2-5,10-12H2,1H3,(H2,16,18). The first kappa shape index (κ1) is 15.5. The number of ether oxygens (including phenoxy) is 1. The monoisotopic (exact) mass is 264 g/mol. The molecule has 0 saturated heterocycles. The summed E-state index contributed by atoms with van der Waals surface area (Å²) >= 11 is 0. The molecule has 0 unspecified atom stereocenters. The van der Waals surface area contributed by atoms with Gasteiger partial charge in [-0.3, -0.25) is 4.79 Å². The van der Waals surface area contributed by atoms with Crippen molar-refractivity contribution in [2.45, 2.75) is 39.2 Å². The Kier molecular flexibility index (Phi) is 7.66. The van der Waals surface area contributed by atoms with Crippen molar-refractivity contribution in [3.8, 4) is 5.75 Å². The largest absolute Gasteiger partial charge is 0.494 e. The van der Waals surface area contributed by atoms with Gasteiger partial charge in [0.2, 0.25) is 5.91 Å². The van der Waals surface area contributed by atoms with E-state index in [0.717, 1.165) is 44.7 Å². The van der Waals surface area contributed by atoms with Crippen molar-refractivity contribution in [2.75, 3.05) is 13.2 Å². The minimum atomic E-state index is -0.220. The van der Waals surface area contributed by atoms with E-state index < -0.39 is 0 Å².